The fourth-order valence-electron chi connectivity index (χ4n) is 2.56. The standard InChI is InChI=1S/C15H24N2O3S2/c1-3-4-5-14(18)16-13-8-10-17(11-9-13)22(19,20)15-7-6-12(2)21-15/h6-7,13H,3-5,8-11H2,1-2H3,(H,16,18). The van der Waals surface area contributed by atoms with Gasteiger partial charge in [0.2, 0.25) is 5.91 Å². The molecule has 22 heavy (non-hydrogen) atoms. The summed E-state index contributed by atoms with van der Waals surface area (Å²) < 4.78 is 27.0. The maximum atomic E-state index is 12.5. The van der Waals surface area contributed by atoms with Crippen molar-refractivity contribution in [3.8, 4) is 0 Å². The molecule has 1 aromatic rings. The molecule has 2 heterocycles. The average Bonchev–Trinajstić information content (AvgIpc) is 2.93. The lowest BCUT2D eigenvalue weighted by Gasteiger charge is -2.31. The van der Waals surface area contributed by atoms with Gasteiger partial charge in [0.15, 0.2) is 0 Å². The Morgan fingerprint density at radius 2 is 2.05 bits per heavy atom. The van der Waals surface area contributed by atoms with E-state index in [1.54, 1.807) is 6.07 Å². The van der Waals surface area contributed by atoms with Gasteiger partial charge in [0.05, 0.1) is 0 Å². The minimum Gasteiger partial charge on any atom is -0.353 e. The molecule has 0 bridgehead atoms. The van der Waals surface area contributed by atoms with E-state index >= 15 is 0 Å². The maximum Gasteiger partial charge on any atom is 0.252 e. The van der Waals surface area contributed by atoms with Crippen LogP contribution in [0.5, 0.6) is 0 Å². The quantitative estimate of drug-likeness (QED) is 0.862. The van der Waals surface area contributed by atoms with Crippen molar-refractivity contribution >= 4 is 27.3 Å². The van der Waals surface area contributed by atoms with Crippen LogP contribution in [0.3, 0.4) is 0 Å². The molecule has 1 aromatic heterocycles. The zero-order valence-corrected chi connectivity index (χ0v) is 14.8. The topological polar surface area (TPSA) is 66.5 Å². The summed E-state index contributed by atoms with van der Waals surface area (Å²) in [6, 6.07) is 3.60. The number of hydrogen-bond donors (Lipinski definition) is 1. The van der Waals surface area contributed by atoms with Crippen molar-refractivity contribution in [2.75, 3.05) is 13.1 Å². The SMILES string of the molecule is CCCCC(=O)NC1CCN(S(=O)(=O)c2ccc(C)s2)CC1. The Morgan fingerprint density at radius 1 is 1.36 bits per heavy atom. The van der Waals surface area contributed by atoms with E-state index in [-0.39, 0.29) is 11.9 Å². The van der Waals surface area contributed by atoms with Crippen molar-refractivity contribution in [2.24, 2.45) is 0 Å². The highest BCUT2D eigenvalue weighted by atomic mass is 32.2. The summed E-state index contributed by atoms with van der Waals surface area (Å²) in [5, 5.41) is 3.01. The number of piperidine rings is 1. The molecule has 7 heteroatoms. The second kappa shape index (κ2) is 7.57. The molecule has 124 valence electrons. The highest BCUT2D eigenvalue weighted by molar-refractivity contribution is 7.91. The smallest absolute Gasteiger partial charge is 0.252 e. The first kappa shape index (κ1) is 17.4. The number of amides is 1. The number of hydrogen-bond acceptors (Lipinski definition) is 4. The molecule has 0 aromatic carbocycles. The van der Waals surface area contributed by atoms with E-state index in [9.17, 15) is 13.2 Å². The minimum atomic E-state index is -3.37. The van der Waals surface area contributed by atoms with Gasteiger partial charge in [0.25, 0.3) is 10.0 Å². The van der Waals surface area contributed by atoms with Crippen molar-refractivity contribution < 1.29 is 13.2 Å². The van der Waals surface area contributed by atoms with Crippen LogP contribution in [-0.4, -0.2) is 37.8 Å². The number of carbonyl (C=O) groups excluding carboxylic acids is 1. The summed E-state index contributed by atoms with van der Waals surface area (Å²) in [5.74, 6) is 0.0806. The highest BCUT2D eigenvalue weighted by Gasteiger charge is 2.30. The Labute approximate surface area is 136 Å². The van der Waals surface area contributed by atoms with Gasteiger partial charge >= 0.3 is 0 Å². The summed E-state index contributed by atoms with van der Waals surface area (Å²) >= 11 is 1.31. The van der Waals surface area contributed by atoms with Crippen LogP contribution in [0.25, 0.3) is 0 Å². The Balaban J connectivity index is 1.88. The van der Waals surface area contributed by atoms with Gasteiger partial charge in [0, 0.05) is 30.4 Å². The number of aryl methyl sites for hydroxylation is 1. The van der Waals surface area contributed by atoms with Crippen LogP contribution in [0.4, 0.5) is 0 Å². The minimum absolute atomic E-state index is 0.0806. The number of unbranched alkanes of at least 4 members (excludes halogenated alkanes) is 1. The molecule has 0 aliphatic carbocycles. The second-order valence-corrected chi connectivity index (χ2v) is 9.17. The second-order valence-electron chi connectivity index (χ2n) is 5.71. The summed E-state index contributed by atoms with van der Waals surface area (Å²) in [7, 11) is -3.37. The molecule has 1 aliphatic heterocycles. The van der Waals surface area contributed by atoms with Gasteiger partial charge in [0.1, 0.15) is 4.21 Å². The Bertz CT molecular complexity index is 602. The van der Waals surface area contributed by atoms with Crippen molar-refractivity contribution in [1.82, 2.24) is 9.62 Å². The molecule has 1 fully saturated rings. The molecule has 0 radical (unpaired) electrons. The molecule has 0 saturated carbocycles. The largest absolute Gasteiger partial charge is 0.353 e. The first-order valence-electron chi connectivity index (χ1n) is 7.79. The summed E-state index contributed by atoms with van der Waals surface area (Å²) in [4.78, 5) is 12.7. The van der Waals surface area contributed by atoms with Crippen LogP contribution < -0.4 is 5.32 Å². The van der Waals surface area contributed by atoms with Gasteiger partial charge < -0.3 is 5.32 Å². The van der Waals surface area contributed by atoms with Crippen LogP contribution in [0.1, 0.15) is 43.9 Å². The first-order valence-corrected chi connectivity index (χ1v) is 10.0. The van der Waals surface area contributed by atoms with Gasteiger partial charge in [-0.3, -0.25) is 4.79 Å². The Hall–Kier alpha value is -0.920. The summed E-state index contributed by atoms with van der Waals surface area (Å²) in [5.41, 5.74) is 0. The normalized spacial score (nSPS) is 17.5. The van der Waals surface area contributed by atoms with E-state index in [0.717, 1.165) is 17.7 Å². The number of nitrogens with zero attached hydrogens (tertiary/aromatic N) is 1. The zero-order chi connectivity index (χ0) is 16.2. The third-order valence-electron chi connectivity index (χ3n) is 3.89. The van der Waals surface area contributed by atoms with Gasteiger partial charge in [-0.25, -0.2) is 8.42 Å². The first-order chi connectivity index (χ1) is 10.4. The predicted octanol–water partition coefficient (Wildman–Crippen LogP) is 2.52. The molecule has 1 amide bonds. The fourth-order valence-corrected chi connectivity index (χ4v) is 5.46. The van der Waals surface area contributed by atoms with Gasteiger partial charge in [-0.05, 0) is 38.3 Å². The Morgan fingerprint density at radius 3 is 2.59 bits per heavy atom. The molecule has 0 unspecified atom stereocenters. The zero-order valence-electron chi connectivity index (χ0n) is 13.2. The molecule has 1 aliphatic rings. The van der Waals surface area contributed by atoms with Crippen LogP contribution in [0.2, 0.25) is 0 Å². The van der Waals surface area contributed by atoms with Crippen molar-refractivity contribution in [2.45, 2.75) is 56.2 Å². The number of carbonyl (C=O) groups is 1. The van der Waals surface area contributed by atoms with Gasteiger partial charge in [-0.2, -0.15) is 4.31 Å². The van der Waals surface area contributed by atoms with Crippen LogP contribution in [0, 0.1) is 6.92 Å². The van der Waals surface area contributed by atoms with Gasteiger partial charge in [-0.15, -0.1) is 11.3 Å². The number of nitrogens with one attached hydrogen (secondary N) is 1. The van der Waals surface area contributed by atoms with E-state index in [4.69, 9.17) is 0 Å². The number of sulfonamides is 1. The molecule has 0 spiro atoms. The lowest BCUT2D eigenvalue weighted by Crippen LogP contribution is -2.46. The predicted molar refractivity (Wildman–Crippen MR) is 88.5 cm³/mol. The van der Waals surface area contributed by atoms with E-state index in [1.807, 2.05) is 13.0 Å². The molecule has 2 rings (SSSR count). The average molecular weight is 345 g/mol. The summed E-state index contributed by atoms with van der Waals surface area (Å²) in [6.07, 6.45) is 3.83. The van der Waals surface area contributed by atoms with Gasteiger partial charge in [-0.1, -0.05) is 13.3 Å². The lowest BCUT2D eigenvalue weighted by molar-refractivity contribution is -0.122. The molecular weight excluding hydrogens is 320 g/mol. The molecule has 5 nitrogen and oxygen atoms in total. The monoisotopic (exact) mass is 344 g/mol. The van der Waals surface area contributed by atoms with Crippen molar-refractivity contribution in [3.05, 3.63) is 17.0 Å². The van der Waals surface area contributed by atoms with Crippen LogP contribution in [0.15, 0.2) is 16.3 Å². The molecule has 1 saturated heterocycles. The van der Waals surface area contributed by atoms with E-state index in [0.29, 0.717) is 36.6 Å². The van der Waals surface area contributed by atoms with E-state index in [1.165, 1.54) is 15.6 Å². The molecule has 0 atom stereocenters. The van der Waals surface area contributed by atoms with E-state index in [2.05, 4.69) is 12.2 Å². The Kier molecular flexibility index (Phi) is 6.00. The maximum absolute atomic E-state index is 12.5. The fraction of sp³-hybridized carbons (Fsp3) is 0.667. The van der Waals surface area contributed by atoms with Crippen LogP contribution >= 0.6 is 11.3 Å². The van der Waals surface area contributed by atoms with Crippen molar-refractivity contribution in [3.63, 3.8) is 0 Å². The molecule has 1 N–H and O–H groups in total. The number of rotatable bonds is 6. The third kappa shape index (κ3) is 4.30. The number of thiophene rings is 1. The van der Waals surface area contributed by atoms with E-state index < -0.39 is 10.0 Å². The van der Waals surface area contributed by atoms with Crippen LogP contribution in [-0.2, 0) is 14.8 Å². The van der Waals surface area contributed by atoms with Crippen molar-refractivity contribution in [1.29, 1.82) is 0 Å². The highest BCUT2D eigenvalue weighted by Crippen LogP contribution is 2.26. The third-order valence-corrected chi connectivity index (χ3v) is 7.25. The summed E-state index contributed by atoms with van der Waals surface area (Å²) in [6.45, 7) is 4.90. The lowest BCUT2D eigenvalue weighted by atomic mass is 10.1. The molecular formula is C15H24N2O3S2.